The van der Waals surface area contributed by atoms with Crippen molar-refractivity contribution in [2.45, 2.75) is 35.3 Å². The SMILES string of the molecule is Cc1c(Cl)cccc1NC(=O)CCS(=O)(=O)c1ccc2c(c1)NC(=O)[C@H](C)S2. The molecule has 0 unspecified atom stereocenters. The standard InChI is InChI=1S/C19H19ClN2O4S2/c1-11-14(20)4-3-5-15(11)21-18(23)8-9-28(25,26)13-6-7-17-16(10-13)22-19(24)12(2)27-17/h3-7,10,12H,8-9H2,1-2H3,(H,21,23)(H,22,24)/t12-/m0/s1. The zero-order valence-electron chi connectivity index (χ0n) is 15.3. The van der Waals surface area contributed by atoms with Crippen LogP contribution in [0.4, 0.5) is 11.4 Å². The number of carbonyl (C=O) groups excluding carboxylic acids is 2. The van der Waals surface area contributed by atoms with E-state index in [1.54, 1.807) is 38.1 Å². The molecule has 0 bridgehead atoms. The zero-order chi connectivity index (χ0) is 20.5. The Bertz CT molecular complexity index is 1050. The summed E-state index contributed by atoms with van der Waals surface area (Å²) in [7, 11) is -3.68. The summed E-state index contributed by atoms with van der Waals surface area (Å²) < 4.78 is 25.2. The molecule has 9 heteroatoms. The Kier molecular flexibility index (Phi) is 6.02. The maximum Gasteiger partial charge on any atom is 0.237 e. The van der Waals surface area contributed by atoms with Crippen LogP contribution < -0.4 is 10.6 Å². The third kappa shape index (κ3) is 4.51. The van der Waals surface area contributed by atoms with Gasteiger partial charge in [0, 0.05) is 22.0 Å². The highest BCUT2D eigenvalue weighted by molar-refractivity contribution is 8.01. The average Bonchev–Trinajstić information content (AvgIpc) is 2.64. The smallest absolute Gasteiger partial charge is 0.237 e. The van der Waals surface area contributed by atoms with Crippen LogP contribution in [0.15, 0.2) is 46.2 Å². The number of halogens is 1. The van der Waals surface area contributed by atoms with Crippen LogP contribution in [0, 0.1) is 6.92 Å². The summed E-state index contributed by atoms with van der Waals surface area (Å²) in [5.41, 5.74) is 1.75. The number of nitrogens with one attached hydrogen (secondary N) is 2. The van der Waals surface area contributed by atoms with Crippen LogP contribution in [0.1, 0.15) is 18.9 Å². The number of carbonyl (C=O) groups is 2. The zero-order valence-corrected chi connectivity index (χ0v) is 17.7. The molecule has 0 spiro atoms. The molecule has 148 valence electrons. The molecule has 0 saturated carbocycles. The molecule has 1 aliphatic rings. The fraction of sp³-hybridized carbons (Fsp3) is 0.263. The molecule has 2 aromatic carbocycles. The number of amides is 2. The molecule has 2 N–H and O–H groups in total. The van der Waals surface area contributed by atoms with Crippen molar-refractivity contribution in [3.63, 3.8) is 0 Å². The van der Waals surface area contributed by atoms with Gasteiger partial charge in [-0.25, -0.2) is 8.42 Å². The first-order valence-corrected chi connectivity index (χ1v) is 11.5. The van der Waals surface area contributed by atoms with Gasteiger partial charge in [0.15, 0.2) is 9.84 Å². The van der Waals surface area contributed by atoms with Crippen molar-refractivity contribution in [2.24, 2.45) is 0 Å². The average molecular weight is 439 g/mol. The maximum absolute atomic E-state index is 12.6. The van der Waals surface area contributed by atoms with Gasteiger partial charge in [0.25, 0.3) is 0 Å². The highest BCUT2D eigenvalue weighted by atomic mass is 35.5. The monoisotopic (exact) mass is 438 g/mol. The van der Waals surface area contributed by atoms with Gasteiger partial charge in [-0.3, -0.25) is 9.59 Å². The van der Waals surface area contributed by atoms with E-state index in [0.29, 0.717) is 16.4 Å². The Balaban J connectivity index is 1.69. The molecule has 0 aromatic heterocycles. The molecule has 2 amide bonds. The van der Waals surface area contributed by atoms with E-state index in [-0.39, 0.29) is 28.2 Å². The molecule has 0 radical (unpaired) electrons. The first kappa shape index (κ1) is 20.7. The van der Waals surface area contributed by atoms with Crippen molar-refractivity contribution in [1.29, 1.82) is 0 Å². The highest BCUT2D eigenvalue weighted by Gasteiger charge is 2.25. The van der Waals surface area contributed by atoms with Gasteiger partial charge in [0.05, 0.1) is 21.6 Å². The Hall–Kier alpha value is -2.03. The number of hydrogen-bond donors (Lipinski definition) is 2. The molecule has 6 nitrogen and oxygen atoms in total. The van der Waals surface area contributed by atoms with Gasteiger partial charge in [-0.15, -0.1) is 11.8 Å². The number of rotatable bonds is 5. The van der Waals surface area contributed by atoms with Crippen molar-refractivity contribution in [3.8, 4) is 0 Å². The fourth-order valence-electron chi connectivity index (χ4n) is 2.68. The summed E-state index contributed by atoms with van der Waals surface area (Å²) in [6.07, 6.45) is -0.191. The lowest BCUT2D eigenvalue weighted by atomic mass is 10.2. The largest absolute Gasteiger partial charge is 0.326 e. The van der Waals surface area contributed by atoms with Gasteiger partial charge < -0.3 is 10.6 Å². The lowest BCUT2D eigenvalue weighted by Gasteiger charge is -2.21. The summed E-state index contributed by atoms with van der Waals surface area (Å²) >= 11 is 7.40. The van der Waals surface area contributed by atoms with E-state index < -0.39 is 15.7 Å². The second-order valence-electron chi connectivity index (χ2n) is 6.44. The second kappa shape index (κ2) is 8.14. The van der Waals surface area contributed by atoms with Gasteiger partial charge in [0.1, 0.15) is 0 Å². The third-order valence-electron chi connectivity index (χ3n) is 4.38. The molecule has 0 aliphatic carbocycles. The Morgan fingerprint density at radius 3 is 2.79 bits per heavy atom. The summed E-state index contributed by atoms with van der Waals surface area (Å²) in [6.45, 7) is 3.56. The molecule has 1 aliphatic heterocycles. The Morgan fingerprint density at radius 1 is 1.29 bits per heavy atom. The Labute approximate surface area is 173 Å². The van der Waals surface area contributed by atoms with E-state index >= 15 is 0 Å². The topological polar surface area (TPSA) is 92.3 Å². The van der Waals surface area contributed by atoms with Crippen LogP contribution in [0.2, 0.25) is 5.02 Å². The molecule has 1 atom stereocenters. The first-order chi connectivity index (χ1) is 13.2. The van der Waals surface area contributed by atoms with Crippen LogP contribution in [-0.4, -0.2) is 31.2 Å². The fourth-order valence-corrected chi connectivity index (χ4v) is 5.05. The molecule has 0 saturated heterocycles. The Morgan fingerprint density at radius 2 is 2.04 bits per heavy atom. The van der Waals surface area contributed by atoms with E-state index in [1.807, 2.05) is 0 Å². The minimum absolute atomic E-state index is 0.0773. The van der Waals surface area contributed by atoms with E-state index in [9.17, 15) is 18.0 Å². The predicted molar refractivity (Wildman–Crippen MR) is 112 cm³/mol. The molecular weight excluding hydrogens is 420 g/mol. The minimum atomic E-state index is -3.68. The van der Waals surface area contributed by atoms with Gasteiger partial charge in [-0.05, 0) is 49.7 Å². The quantitative estimate of drug-likeness (QED) is 0.738. The molecular formula is C19H19ClN2O4S2. The van der Waals surface area contributed by atoms with Crippen LogP contribution in [0.3, 0.4) is 0 Å². The predicted octanol–water partition coefficient (Wildman–Crippen LogP) is 3.88. The van der Waals surface area contributed by atoms with Crippen LogP contribution >= 0.6 is 23.4 Å². The maximum atomic E-state index is 12.6. The third-order valence-corrected chi connectivity index (χ3v) is 7.68. The van der Waals surface area contributed by atoms with Crippen molar-refractivity contribution < 1.29 is 18.0 Å². The van der Waals surface area contributed by atoms with E-state index in [4.69, 9.17) is 11.6 Å². The van der Waals surface area contributed by atoms with E-state index in [0.717, 1.165) is 10.5 Å². The molecule has 28 heavy (non-hydrogen) atoms. The number of fused-ring (bicyclic) bond motifs is 1. The number of sulfone groups is 1. The number of anilines is 2. The van der Waals surface area contributed by atoms with Crippen LogP contribution in [-0.2, 0) is 19.4 Å². The van der Waals surface area contributed by atoms with Crippen LogP contribution in [0.25, 0.3) is 0 Å². The first-order valence-electron chi connectivity index (χ1n) is 8.56. The normalized spacial score (nSPS) is 16.2. The number of benzene rings is 2. The summed E-state index contributed by atoms with van der Waals surface area (Å²) in [5.74, 6) is -0.915. The molecule has 0 fully saturated rings. The van der Waals surface area contributed by atoms with Gasteiger partial charge >= 0.3 is 0 Å². The van der Waals surface area contributed by atoms with Crippen molar-refractivity contribution in [1.82, 2.24) is 0 Å². The van der Waals surface area contributed by atoms with Gasteiger partial charge in [-0.1, -0.05) is 17.7 Å². The molecule has 3 rings (SSSR count). The summed E-state index contributed by atoms with van der Waals surface area (Å²) in [6, 6.07) is 9.76. The summed E-state index contributed by atoms with van der Waals surface area (Å²) in [4.78, 5) is 24.9. The van der Waals surface area contributed by atoms with Crippen LogP contribution in [0.5, 0.6) is 0 Å². The highest BCUT2D eigenvalue weighted by Crippen LogP contribution is 2.37. The minimum Gasteiger partial charge on any atom is -0.326 e. The lowest BCUT2D eigenvalue weighted by Crippen LogP contribution is -2.26. The lowest BCUT2D eigenvalue weighted by molar-refractivity contribution is -0.116. The number of hydrogen-bond acceptors (Lipinski definition) is 5. The van der Waals surface area contributed by atoms with Crippen molar-refractivity contribution in [3.05, 3.63) is 47.0 Å². The van der Waals surface area contributed by atoms with E-state index in [1.165, 1.54) is 23.9 Å². The van der Waals surface area contributed by atoms with Crippen molar-refractivity contribution in [2.75, 3.05) is 16.4 Å². The van der Waals surface area contributed by atoms with Gasteiger partial charge in [-0.2, -0.15) is 0 Å². The number of thioether (sulfide) groups is 1. The van der Waals surface area contributed by atoms with Gasteiger partial charge in [0.2, 0.25) is 11.8 Å². The molecule has 2 aromatic rings. The molecule has 1 heterocycles. The second-order valence-corrected chi connectivity index (χ2v) is 10.3. The summed E-state index contributed by atoms with van der Waals surface area (Å²) in [5, 5.41) is 5.70. The van der Waals surface area contributed by atoms with E-state index in [2.05, 4.69) is 10.6 Å². The van der Waals surface area contributed by atoms with Crippen molar-refractivity contribution >= 4 is 56.4 Å².